The molecule has 7 heteroatoms. The minimum Gasteiger partial charge on any atom is -0.379 e. The number of halogens is 3. The summed E-state index contributed by atoms with van der Waals surface area (Å²) < 4.78 is 43.0. The van der Waals surface area contributed by atoms with Crippen molar-refractivity contribution in [3.8, 4) is 0 Å². The molecule has 20 heavy (non-hydrogen) atoms. The smallest absolute Gasteiger partial charge is 0.379 e. The van der Waals surface area contributed by atoms with E-state index in [-0.39, 0.29) is 12.6 Å². The van der Waals surface area contributed by atoms with Gasteiger partial charge < -0.3 is 15.0 Å². The summed E-state index contributed by atoms with van der Waals surface area (Å²) in [4.78, 5) is 13.2. The average molecular weight is 296 g/mol. The van der Waals surface area contributed by atoms with Gasteiger partial charge in [-0.15, -0.1) is 0 Å². The molecule has 0 radical (unpaired) electrons. The van der Waals surface area contributed by atoms with Crippen LogP contribution in [0, 0.1) is 5.92 Å². The Bertz CT molecular complexity index is 321. The first-order valence-electron chi connectivity index (χ1n) is 6.94. The van der Waals surface area contributed by atoms with Gasteiger partial charge in [0.15, 0.2) is 0 Å². The van der Waals surface area contributed by atoms with Crippen LogP contribution in [0.25, 0.3) is 0 Å². The summed E-state index contributed by atoms with van der Waals surface area (Å²) in [6.45, 7) is 5.24. The predicted molar refractivity (Wildman–Crippen MR) is 69.3 cm³/mol. The van der Waals surface area contributed by atoms with Gasteiger partial charge in [-0.2, -0.15) is 13.2 Å². The van der Waals surface area contributed by atoms with Gasteiger partial charge >= 0.3 is 6.18 Å². The van der Waals surface area contributed by atoms with E-state index in [1.54, 1.807) is 13.8 Å². The normalized spacial score (nSPS) is 23.4. The molecule has 0 aromatic rings. The van der Waals surface area contributed by atoms with Crippen LogP contribution in [0.3, 0.4) is 0 Å². The second-order valence-electron chi connectivity index (χ2n) is 5.38. The second kappa shape index (κ2) is 7.26. The molecular formula is C13H23F3N2O2. The van der Waals surface area contributed by atoms with Crippen molar-refractivity contribution < 1.29 is 22.7 Å². The SMILES string of the molecule is CCCNC1COCC1C(=O)N(CC(F)(F)F)C(C)C. The maximum absolute atomic E-state index is 12.6. The lowest BCUT2D eigenvalue weighted by molar-refractivity contribution is -0.167. The van der Waals surface area contributed by atoms with Crippen molar-refractivity contribution in [1.82, 2.24) is 10.2 Å². The fraction of sp³-hybridized carbons (Fsp3) is 0.923. The Morgan fingerprint density at radius 1 is 1.40 bits per heavy atom. The lowest BCUT2D eigenvalue weighted by atomic mass is 10.0. The molecule has 0 aliphatic carbocycles. The van der Waals surface area contributed by atoms with Gasteiger partial charge in [-0.3, -0.25) is 4.79 Å². The molecule has 1 aliphatic rings. The summed E-state index contributed by atoms with van der Waals surface area (Å²) in [5.41, 5.74) is 0. The number of nitrogens with zero attached hydrogens (tertiary/aromatic N) is 1. The first kappa shape index (κ1) is 17.2. The molecule has 0 aromatic carbocycles. The number of nitrogens with one attached hydrogen (secondary N) is 1. The molecule has 1 amide bonds. The maximum atomic E-state index is 12.6. The highest BCUT2D eigenvalue weighted by Crippen LogP contribution is 2.23. The van der Waals surface area contributed by atoms with Crippen LogP contribution in [0.4, 0.5) is 13.2 Å². The van der Waals surface area contributed by atoms with Gasteiger partial charge in [0.25, 0.3) is 0 Å². The van der Waals surface area contributed by atoms with E-state index in [2.05, 4.69) is 5.32 Å². The van der Waals surface area contributed by atoms with Crippen molar-refractivity contribution in [2.75, 3.05) is 26.3 Å². The maximum Gasteiger partial charge on any atom is 0.406 e. The second-order valence-corrected chi connectivity index (χ2v) is 5.38. The van der Waals surface area contributed by atoms with E-state index in [4.69, 9.17) is 4.74 Å². The van der Waals surface area contributed by atoms with Crippen LogP contribution in [-0.4, -0.2) is 55.4 Å². The van der Waals surface area contributed by atoms with Crippen LogP contribution < -0.4 is 5.32 Å². The van der Waals surface area contributed by atoms with Crippen LogP contribution in [0.5, 0.6) is 0 Å². The molecule has 1 heterocycles. The molecule has 0 saturated carbocycles. The molecule has 0 spiro atoms. The summed E-state index contributed by atoms with van der Waals surface area (Å²) in [6, 6.07) is -0.687. The molecule has 0 aromatic heterocycles. The molecule has 1 fully saturated rings. The largest absolute Gasteiger partial charge is 0.406 e. The summed E-state index contributed by atoms with van der Waals surface area (Å²) in [7, 11) is 0. The highest BCUT2D eigenvalue weighted by atomic mass is 19.4. The number of carbonyl (C=O) groups excluding carboxylic acids is 1. The van der Waals surface area contributed by atoms with Gasteiger partial charge in [-0.1, -0.05) is 6.92 Å². The Morgan fingerprint density at radius 3 is 2.55 bits per heavy atom. The first-order valence-corrected chi connectivity index (χ1v) is 6.94. The van der Waals surface area contributed by atoms with E-state index in [1.165, 1.54) is 0 Å². The number of hydrogen-bond donors (Lipinski definition) is 1. The van der Waals surface area contributed by atoms with Crippen LogP contribution in [0.1, 0.15) is 27.2 Å². The predicted octanol–water partition coefficient (Wildman–Crippen LogP) is 1.80. The van der Waals surface area contributed by atoms with Gasteiger partial charge in [-0.05, 0) is 26.8 Å². The standard InChI is InChI=1S/C13H23F3N2O2/c1-4-5-17-11-7-20-6-10(11)12(19)18(9(2)3)8-13(14,15)16/h9-11,17H,4-8H2,1-3H3. The zero-order valence-electron chi connectivity index (χ0n) is 12.2. The number of rotatable bonds is 6. The van der Waals surface area contributed by atoms with Crippen molar-refractivity contribution in [2.24, 2.45) is 5.92 Å². The van der Waals surface area contributed by atoms with Gasteiger partial charge in [0.05, 0.1) is 19.1 Å². The number of hydrogen-bond acceptors (Lipinski definition) is 3. The van der Waals surface area contributed by atoms with Crippen LogP contribution in [0.15, 0.2) is 0 Å². The van der Waals surface area contributed by atoms with Gasteiger partial charge in [0, 0.05) is 12.1 Å². The first-order chi connectivity index (χ1) is 9.26. The summed E-state index contributed by atoms with van der Waals surface area (Å²) in [6.07, 6.45) is -3.49. The monoisotopic (exact) mass is 296 g/mol. The van der Waals surface area contributed by atoms with Crippen LogP contribution >= 0.6 is 0 Å². The molecule has 1 N–H and O–H groups in total. The van der Waals surface area contributed by atoms with E-state index >= 15 is 0 Å². The molecule has 0 bridgehead atoms. The van der Waals surface area contributed by atoms with Gasteiger partial charge in [0.1, 0.15) is 6.54 Å². The summed E-state index contributed by atoms with van der Waals surface area (Å²) in [5.74, 6) is -1.02. The lowest BCUT2D eigenvalue weighted by Gasteiger charge is -2.31. The van der Waals surface area contributed by atoms with Crippen molar-refractivity contribution in [3.05, 3.63) is 0 Å². The van der Waals surface area contributed by atoms with Crippen molar-refractivity contribution in [2.45, 2.75) is 45.5 Å². The van der Waals surface area contributed by atoms with Crippen molar-refractivity contribution in [3.63, 3.8) is 0 Å². The van der Waals surface area contributed by atoms with E-state index in [0.717, 1.165) is 17.9 Å². The van der Waals surface area contributed by atoms with E-state index in [9.17, 15) is 18.0 Å². The fourth-order valence-corrected chi connectivity index (χ4v) is 2.25. The fourth-order valence-electron chi connectivity index (χ4n) is 2.25. The number of ether oxygens (including phenoxy) is 1. The molecule has 4 nitrogen and oxygen atoms in total. The Labute approximate surface area is 117 Å². The Morgan fingerprint density at radius 2 is 2.05 bits per heavy atom. The third-order valence-electron chi connectivity index (χ3n) is 3.31. The van der Waals surface area contributed by atoms with Crippen LogP contribution in [-0.2, 0) is 9.53 Å². The third kappa shape index (κ3) is 4.94. The molecular weight excluding hydrogens is 273 g/mol. The number of carbonyl (C=O) groups is 1. The Balaban J connectivity index is 2.73. The van der Waals surface area contributed by atoms with Crippen molar-refractivity contribution in [1.29, 1.82) is 0 Å². The van der Waals surface area contributed by atoms with Gasteiger partial charge in [-0.25, -0.2) is 0 Å². The van der Waals surface area contributed by atoms with Crippen LogP contribution in [0.2, 0.25) is 0 Å². The van der Waals surface area contributed by atoms with E-state index in [1.807, 2.05) is 6.92 Å². The van der Waals surface area contributed by atoms with Crippen molar-refractivity contribution >= 4 is 5.91 Å². The topological polar surface area (TPSA) is 41.6 Å². The Hall–Kier alpha value is -0.820. The van der Waals surface area contributed by atoms with E-state index < -0.39 is 30.6 Å². The minimum absolute atomic E-state index is 0.182. The third-order valence-corrected chi connectivity index (χ3v) is 3.31. The molecule has 1 saturated heterocycles. The van der Waals surface area contributed by atoms with E-state index in [0.29, 0.717) is 6.61 Å². The molecule has 118 valence electrons. The highest BCUT2D eigenvalue weighted by Gasteiger charge is 2.41. The minimum atomic E-state index is -4.38. The lowest BCUT2D eigenvalue weighted by Crippen LogP contribution is -2.50. The molecule has 2 atom stereocenters. The zero-order chi connectivity index (χ0) is 15.3. The molecule has 1 aliphatic heterocycles. The quantitative estimate of drug-likeness (QED) is 0.812. The molecule has 2 unspecified atom stereocenters. The Kier molecular flexibility index (Phi) is 6.26. The summed E-state index contributed by atoms with van der Waals surface area (Å²) in [5, 5.41) is 3.17. The average Bonchev–Trinajstić information content (AvgIpc) is 2.79. The molecule has 1 rings (SSSR count). The highest BCUT2D eigenvalue weighted by molar-refractivity contribution is 5.80. The summed E-state index contributed by atoms with van der Waals surface area (Å²) >= 11 is 0. The number of alkyl halides is 3. The zero-order valence-corrected chi connectivity index (χ0v) is 12.2. The van der Waals surface area contributed by atoms with Gasteiger partial charge in [0.2, 0.25) is 5.91 Å². The number of amides is 1.